The van der Waals surface area contributed by atoms with Crippen LogP contribution in [-0.4, -0.2) is 60.7 Å². The Labute approximate surface area is 225 Å². The molecule has 210 valence electrons. The fraction of sp³-hybridized carbons (Fsp3) is 0.607. The van der Waals surface area contributed by atoms with Crippen LogP contribution in [0.15, 0.2) is 24.3 Å². The molecule has 1 saturated carbocycles. The van der Waals surface area contributed by atoms with Crippen LogP contribution in [0, 0.1) is 11.8 Å². The molecular weight excluding hydrogens is 488 g/mol. The number of aliphatic hydroxyl groups excluding tert-OH is 1. The predicted molar refractivity (Wildman–Crippen MR) is 144 cm³/mol. The first-order chi connectivity index (χ1) is 18.2. The van der Waals surface area contributed by atoms with E-state index >= 15 is 0 Å². The minimum Gasteiger partial charge on any atom is -0.496 e. The zero-order chi connectivity index (χ0) is 27.8. The average Bonchev–Trinajstić information content (AvgIpc) is 3.52. The van der Waals surface area contributed by atoms with Crippen molar-refractivity contribution in [2.24, 2.45) is 11.8 Å². The third-order valence-electron chi connectivity index (χ3n) is 6.97. The molecule has 0 radical (unpaired) electrons. The van der Waals surface area contributed by atoms with Crippen molar-refractivity contribution in [2.45, 2.75) is 71.2 Å². The van der Waals surface area contributed by atoms with Crippen molar-refractivity contribution in [1.82, 2.24) is 20.4 Å². The van der Waals surface area contributed by atoms with E-state index in [1.165, 1.54) is 7.11 Å². The van der Waals surface area contributed by atoms with E-state index in [4.69, 9.17) is 14.6 Å². The van der Waals surface area contributed by atoms with Crippen LogP contribution in [-0.2, 0) is 14.3 Å². The van der Waals surface area contributed by atoms with Crippen molar-refractivity contribution in [3.63, 3.8) is 0 Å². The molecule has 1 fully saturated rings. The van der Waals surface area contributed by atoms with Gasteiger partial charge in [0.2, 0.25) is 5.91 Å². The topological polar surface area (TPSA) is 124 Å². The molecule has 3 unspecified atom stereocenters. The Morgan fingerprint density at radius 3 is 2.39 bits per heavy atom. The highest BCUT2D eigenvalue weighted by molar-refractivity contribution is 5.82. The largest absolute Gasteiger partial charge is 0.496 e. The van der Waals surface area contributed by atoms with Gasteiger partial charge < -0.3 is 24.6 Å². The molecule has 38 heavy (non-hydrogen) atoms. The lowest BCUT2D eigenvalue weighted by Gasteiger charge is -2.23. The van der Waals surface area contributed by atoms with Crippen molar-refractivity contribution in [1.29, 1.82) is 0 Å². The number of ether oxygens (including phenoxy) is 3. The number of aliphatic hydroxyl groups is 1. The highest BCUT2D eigenvalue weighted by atomic mass is 16.5. The molecule has 0 spiro atoms. The van der Waals surface area contributed by atoms with Gasteiger partial charge in [-0.1, -0.05) is 26.8 Å². The Kier molecular flexibility index (Phi) is 10.6. The van der Waals surface area contributed by atoms with E-state index in [1.807, 2.05) is 28.9 Å². The van der Waals surface area contributed by atoms with Crippen LogP contribution in [0.4, 0.5) is 0 Å². The summed E-state index contributed by atoms with van der Waals surface area (Å²) in [7, 11) is 4.51. The summed E-state index contributed by atoms with van der Waals surface area (Å²) in [6.07, 6.45) is 2.74. The molecular formula is C28H42N4O6. The van der Waals surface area contributed by atoms with Gasteiger partial charge in [0.15, 0.2) is 0 Å². The first kappa shape index (κ1) is 29.4. The molecule has 2 aromatic rings. The molecule has 1 heterocycles. The number of carbonyl (C=O) groups is 2. The Morgan fingerprint density at radius 1 is 1.16 bits per heavy atom. The molecule has 0 aliphatic heterocycles. The Balaban J connectivity index is 1.90. The van der Waals surface area contributed by atoms with Crippen molar-refractivity contribution in [3.05, 3.63) is 30.0 Å². The van der Waals surface area contributed by atoms with Crippen molar-refractivity contribution in [3.8, 4) is 22.8 Å². The van der Waals surface area contributed by atoms with E-state index in [-0.39, 0.29) is 36.9 Å². The molecule has 10 nitrogen and oxygen atoms in total. The molecule has 1 aliphatic rings. The van der Waals surface area contributed by atoms with E-state index in [9.17, 15) is 14.7 Å². The van der Waals surface area contributed by atoms with Crippen LogP contribution in [0.1, 0.15) is 70.8 Å². The summed E-state index contributed by atoms with van der Waals surface area (Å²) in [5, 5.41) is 21.9. The van der Waals surface area contributed by atoms with Gasteiger partial charge in [0.1, 0.15) is 30.0 Å². The zero-order valence-electron chi connectivity index (χ0n) is 23.3. The van der Waals surface area contributed by atoms with Gasteiger partial charge in [0.05, 0.1) is 38.6 Å². The van der Waals surface area contributed by atoms with Gasteiger partial charge in [-0.25, -0.2) is 0 Å². The van der Waals surface area contributed by atoms with Crippen LogP contribution in [0.3, 0.4) is 0 Å². The number of hydrogen-bond acceptors (Lipinski definition) is 8. The molecule has 1 aromatic heterocycles. The smallest absolute Gasteiger partial charge is 0.325 e. The van der Waals surface area contributed by atoms with Gasteiger partial charge >= 0.3 is 5.97 Å². The van der Waals surface area contributed by atoms with Crippen LogP contribution in [0.25, 0.3) is 11.3 Å². The third kappa shape index (κ3) is 7.48. The predicted octanol–water partition coefficient (Wildman–Crippen LogP) is 3.60. The highest BCUT2D eigenvalue weighted by Gasteiger charge is 2.30. The summed E-state index contributed by atoms with van der Waals surface area (Å²) in [4.78, 5) is 23.9. The number of nitrogens with zero attached hydrogens (tertiary/aromatic N) is 2. The van der Waals surface area contributed by atoms with Crippen molar-refractivity contribution in [2.75, 3.05) is 27.9 Å². The first-order valence-electron chi connectivity index (χ1n) is 13.2. The second-order valence-electron chi connectivity index (χ2n) is 10.5. The quantitative estimate of drug-likeness (QED) is 0.265. The fourth-order valence-electron chi connectivity index (χ4n) is 5.14. The summed E-state index contributed by atoms with van der Waals surface area (Å²) >= 11 is 0. The standard InChI is InChI=1S/C28H42N4O6/c1-17(2)12-19(14-25(33)29-16-26(34)38-6)30-28(35)21-15-22(32(31-21)20-11-10-18(3)13-20)27-23(36-4)8-7-9-24(27)37-5/h7-9,15,17-20,28,30,35H,10-14,16H2,1-6H3,(H,29,33)/t18?,19-,20?,28?/m0/s1. The number of nitrogens with one attached hydrogen (secondary N) is 2. The number of esters is 1. The lowest BCUT2D eigenvalue weighted by molar-refractivity contribution is -0.141. The maximum Gasteiger partial charge on any atom is 0.325 e. The summed E-state index contributed by atoms with van der Waals surface area (Å²) < 4.78 is 17.9. The van der Waals surface area contributed by atoms with E-state index in [2.05, 4.69) is 36.1 Å². The Bertz CT molecular complexity index is 1060. The third-order valence-corrected chi connectivity index (χ3v) is 6.97. The van der Waals surface area contributed by atoms with Gasteiger partial charge in [-0.15, -0.1) is 0 Å². The monoisotopic (exact) mass is 530 g/mol. The second-order valence-corrected chi connectivity index (χ2v) is 10.5. The number of aromatic nitrogens is 2. The van der Waals surface area contributed by atoms with Gasteiger partial charge in [-0.2, -0.15) is 5.10 Å². The maximum absolute atomic E-state index is 12.5. The van der Waals surface area contributed by atoms with Gasteiger partial charge in [-0.3, -0.25) is 19.6 Å². The number of hydrogen-bond donors (Lipinski definition) is 3. The Morgan fingerprint density at radius 2 is 1.84 bits per heavy atom. The number of methoxy groups -OCH3 is 3. The van der Waals surface area contributed by atoms with Crippen molar-refractivity contribution < 1.29 is 28.9 Å². The zero-order valence-corrected chi connectivity index (χ0v) is 23.3. The fourth-order valence-corrected chi connectivity index (χ4v) is 5.14. The normalized spacial score (nSPS) is 18.7. The summed E-state index contributed by atoms with van der Waals surface area (Å²) in [6, 6.07) is 7.36. The number of benzene rings is 1. The van der Waals surface area contributed by atoms with Crippen LogP contribution in [0.5, 0.6) is 11.5 Å². The van der Waals surface area contributed by atoms with E-state index in [0.29, 0.717) is 29.5 Å². The number of rotatable bonds is 13. The Hall–Kier alpha value is -3.11. The number of carbonyl (C=O) groups excluding carboxylic acids is 2. The molecule has 0 saturated heterocycles. The maximum atomic E-state index is 12.5. The molecule has 3 N–H and O–H groups in total. The van der Waals surface area contributed by atoms with Crippen LogP contribution >= 0.6 is 0 Å². The highest BCUT2D eigenvalue weighted by Crippen LogP contribution is 2.43. The minimum atomic E-state index is -1.10. The molecule has 4 atom stereocenters. The van der Waals surface area contributed by atoms with E-state index in [0.717, 1.165) is 30.5 Å². The molecule has 1 aliphatic carbocycles. The molecule has 10 heteroatoms. The summed E-state index contributed by atoms with van der Waals surface area (Å²) in [5.74, 6) is 1.36. The first-order valence-corrected chi connectivity index (χ1v) is 13.2. The van der Waals surface area contributed by atoms with E-state index < -0.39 is 12.2 Å². The summed E-state index contributed by atoms with van der Waals surface area (Å²) in [5.41, 5.74) is 2.05. The van der Waals surface area contributed by atoms with Crippen LogP contribution < -0.4 is 20.1 Å². The second kappa shape index (κ2) is 13.6. The lowest BCUT2D eigenvalue weighted by Crippen LogP contribution is -2.40. The van der Waals surface area contributed by atoms with Crippen LogP contribution in [0.2, 0.25) is 0 Å². The SMILES string of the molecule is COC(=O)CNC(=O)C[C@H](CC(C)C)NC(O)c1cc(-c2c(OC)cccc2OC)n(C2CCC(C)C2)n1. The van der Waals surface area contributed by atoms with Crippen molar-refractivity contribution >= 4 is 11.9 Å². The van der Waals surface area contributed by atoms with Gasteiger partial charge in [0, 0.05) is 12.5 Å². The van der Waals surface area contributed by atoms with Gasteiger partial charge in [-0.05, 0) is 55.7 Å². The molecule has 0 bridgehead atoms. The van der Waals surface area contributed by atoms with Gasteiger partial charge in [0.25, 0.3) is 0 Å². The lowest BCUT2D eigenvalue weighted by atomic mass is 10.0. The van der Waals surface area contributed by atoms with E-state index in [1.54, 1.807) is 14.2 Å². The average molecular weight is 531 g/mol. The summed E-state index contributed by atoms with van der Waals surface area (Å²) in [6.45, 7) is 6.15. The molecule has 1 aromatic carbocycles. The minimum absolute atomic E-state index is 0.0975. The molecule has 3 rings (SSSR count). The molecule has 1 amide bonds. The number of amides is 1.